The average molecular weight is 392 g/mol. The van der Waals surface area contributed by atoms with Crippen molar-refractivity contribution < 1.29 is 24.5 Å². The number of carboxylic acids is 1. The van der Waals surface area contributed by atoms with Gasteiger partial charge in [-0.1, -0.05) is 29.8 Å². The van der Waals surface area contributed by atoms with E-state index in [1.165, 1.54) is 0 Å². The van der Waals surface area contributed by atoms with Crippen LogP contribution in [-0.2, 0) is 11.2 Å². The highest BCUT2D eigenvalue weighted by Gasteiger charge is 2.27. The molecule has 7 heteroatoms. The summed E-state index contributed by atoms with van der Waals surface area (Å²) in [6, 6.07) is 12.8. The minimum atomic E-state index is -1.04. The number of aliphatic hydroxyl groups excluding tert-OH is 1. The van der Waals surface area contributed by atoms with Crippen molar-refractivity contribution in [3.63, 3.8) is 0 Å². The van der Waals surface area contributed by atoms with E-state index < -0.39 is 18.2 Å². The Kier molecular flexibility index (Phi) is 6.21. The van der Waals surface area contributed by atoms with Gasteiger partial charge in [0.25, 0.3) is 0 Å². The molecule has 0 aliphatic carbocycles. The van der Waals surface area contributed by atoms with Gasteiger partial charge in [-0.3, -0.25) is 0 Å². The first-order valence-corrected chi connectivity index (χ1v) is 9.12. The third-order valence-electron chi connectivity index (χ3n) is 4.38. The molecule has 0 radical (unpaired) electrons. The summed E-state index contributed by atoms with van der Waals surface area (Å²) in [7, 11) is 0. The van der Waals surface area contributed by atoms with Crippen LogP contribution in [-0.4, -0.2) is 41.5 Å². The zero-order valence-electron chi connectivity index (χ0n) is 14.9. The molecule has 0 bridgehead atoms. The lowest BCUT2D eigenvalue weighted by Crippen LogP contribution is -2.36. The van der Waals surface area contributed by atoms with E-state index in [9.17, 15) is 9.90 Å². The van der Waals surface area contributed by atoms with Gasteiger partial charge >= 0.3 is 5.97 Å². The number of aliphatic hydroxyl groups is 1. The second kappa shape index (κ2) is 8.61. The van der Waals surface area contributed by atoms with Crippen molar-refractivity contribution in [2.75, 3.05) is 13.2 Å². The molecule has 144 valence electrons. The Balaban J connectivity index is 1.54. The molecule has 6 nitrogen and oxygen atoms in total. The predicted octanol–water partition coefficient (Wildman–Crippen LogP) is 2.82. The van der Waals surface area contributed by atoms with Crippen molar-refractivity contribution in [2.24, 2.45) is 0 Å². The van der Waals surface area contributed by atoms with Gasteiger partial charge in [0.2, 0.25) is 6.10 Å². The van der Waals surface area contributed by atoms with E-state index in [4.69, 9.17) is 26.2 Å². The fourth-order valence-corrected chi connectivity index (χ4v) is 3.13. The molecule has 0 saturated carbocycles. The maximum absolute atomic E-state index is 11.0. The summed E-state index contributed by atoms with van der Waals surface area (Å²) in [4.78, 5) is 11.0. The lowest BCUT2D eigenvalue weighted by Gasteiger charge is -2.24. The molecule has 2 aromatic carbocycles. The monoisotopic (exact) mass is 391 g/mol. The van der Waals surface area contributed by atoms with Gasteiger partial charge in [0.05, 0.1) is 6.10 Å². The molecule has 3 atom stereocenters. The van der Waals surface area contributed by atoms with Crippen LogP contribution < -0.4 is 14.8 Å². The van der Waals surface area contributed by atoms with Gasteiger partial charge in [-0.15, -0.1) is 0 Å². The molecule has 1 heterocycles. The number of aliphatic carboxylic acids is 1. The van der Waals surface area contributed by atoms with E-state index in [1.54, 1.807) is 18.2 Å². The highest BCUT2D eigenvalue weighted by molar-refractivity contribution is 6.30. The minimum absolute atomic E-state index is 0.00851. The molecule has 1 aliphatic rings. The fraction of sp³-hybridized carbons (Fsp3) is 0.350. The number of hydrogen-bond donors (Lipinski definition) is 3. The second-order valence-electron chi connectivity index (χ2n) is 6.62. The number of benzene rings is 2. The molecule has 0 amide bonds. The highest BCUT2D eigenvalue weighted by Crippen LogP contribution is 2.33. The first-order chi connectivity index (χ1) is 12.9. The Labute approximate surface area is 162 Å². The van der Waals surface area contributed by atoms with Crippen LogP contribution in [0, 0.1) is 0 Å². The topological polar surface area (TPSA) is 88.0 Å². The van der Waals surface area contributed by atoms with Crippen LogP contribution in [0.4, 0.5) is 0 Å². The summed E-state index contributed by atoms with van der Waals surface area (Å²) >= 11 is 5.96. The normalized spacial score (nSPS) is 18.0. The zero-order valence-corrected chi connectivity index (χ0v) is 15.6. The van der Waals surface area contributed by atoms with Gasteiger partial charge in [-0.25, -0.2) is 4.79 Å². The molecule has 3 N–H and O–H groups in total. The molecular formula is C20H22ClNO5. The van der Waals surface area contributed by atoms with Gasteiger partial charge in [-0.05, 0) is 48.7 Å². The standard InChI is InChI=1S/C20H22ClNO5/c1-12(22-10-16(23)14-3-2-4-15(21)9-14)7-13-5-6-17-18(8-13)26-11-19(27-17)20(24)25/h2-6,8-9,12,16,19,22-23H,7,10-11H2,1H3,(H,24,25)/t12-,16-,19-/m1/s1. The van der Waals surface area contributed by atoms with Gasteiger partial charge in [-0.2, -0.15) is 0 Å². The van der Waals surface area contributed by atoms with Crippen molar-refractivity contribution in [3.8, 4) is 11.5 Å². The number of fused-ring (bicyclic) bond motifs is 1. The molecule has 0 fully saturated rings. The number of carbonyl (C=O) groups is 1. The van der Waals surface area contributed by atoms with Crippen LogP contribution in [0.25, 0.3) is 0 Å². The number of hydrogen-bond acceptors (Lipinski definition) is 5. The van der Waals surface area contributed by atoms with Crippen molar-refractivity contribution in [1.82, 2.24) is 5.32 Å². The third kappa shape index (κ3) is 5.13. The van der Waals surface area contributed by atoms with Crippen LogP contribution in [0.1, 0.15) is 24.2 Å². The molecule has 2 aromatic rings. The highest BCUT2D eigenvalue weighted by atomic mass is 35.5. The Hall–Kier alpha value is -2.28. The Morgan fingerprint density at radius 2 is 2.11 bits per heavy atom. The smallest absolute Gasteiger partial charge is 0.348 e. The molecule has 0 saturated heterocycles. The summed E-state index contributed by atoms with van der Waals surface area (Å²) in [5.41, 5.74) is 1.80. The van der Waals surface area contributed by atoms with Gasteiger partial charge < -0.3 is 25.0 Å². The number of carboxylic acid groups (broad SMARTS) is 1. The number of nitrogens with one attached hydrogen (secondary N) is 1. The van der Waals surface area contributed by atoms with E-state index in [-0.39, 0.29) is 12.6 Å². The van der Waals surface area contributed by atoms with E-state index >= 15 is 0 Å². The molecule has 0 unspecified atom stereocenters. The van der Waals surface area contributed by atoms with E-state index in [2.05, 4.69) is 5.32 Å². The third-order valence-corrected chi connectivity index (χ3v) is 4.61. The van der Waals surface area contributed by atoms with Crippen molar-refractivity contribution in [3.05, 3.63) is 58.6 Å². The molecule has 0 spiro atoms. The summed E-state index contributed by atoms with van der Waals surface area (Å²) in [5, 5.41) is 23.2. The quantitative estimate of drug-likeness (QED) is 0.672. The number of ether oxygens (including phenoxy) is 2. The van der Waals surface area contributed by atoms with Crippen LogP contribution in [0.15, 0.2) is 42.5 Å². The zero-order chi connectivity index (χ0) is 19.4. The van der Waals surface area contributed by atoms with Gasteiger partial charge in [0.1, 0.15) is 6.61 Å². The second-order valence-corrected chi connectivity index (χ2v) is 7.06. The van der Waals surface area contributed by atoms with Crippen LogP contribution in [0.3, 0.4) is 0 Å². The fourth-order valence-electron chi connectivity index (χ4n) is 2.93. The number of rotatable bonds is 7. The predicted molar refractivity (Wildman–Crippen MR) is 102 cm³/mol. The van der Waals surface area contributed by atoms with Crippen molar-refractivity contribution in [1.29, 1.82) is 0 Å². The molecule has 1 aliphatic heterocycles. The molecular weight excluding hydrogens is 370 g/mol. The summed E-state index contributed by atoms with van der Waals surface area (Å²) in [6.07, 6.45) is -0.891. The minimum Gasteiger partial charge on any atom is -0.485 e. The first-order valence-electron chi connectivity index (χ1n) is 8.74. The summed E-state index contributed by atoms with van der Waals surface area (Å²) in [5.74, 6) is -0.0497. The van der Waals surface area contributed by atoms with Crippen molar-refractivity contribution in [2.45, 2.75) is 31.6 Å². The number of halogens is 1. The first kappa shape index (κ1) is 19.5. The SMILES string of the molecule is C[C@H](Cc1ccc2c(c1)OC[C@H](C(=O)O)O2)NC[C@@H](O)c1cccc(Cl)c1. The average Bonchev–Trinajstić information content (AvgIpc) is 2.65. The Morgan fingerprint density at radius 1 is 1.30 bits per heavy atom. The van der Waals surface area contributed by atoms with E-state index in [0.29, 0.717) is 23.1 Å². The summed E-state index contributed by atoms with van der Waals surface area (Å²) in [6.45, 7) is 2.43. The lowest BCUT2D eigenvalue weighted by molar-refractivity contribution is -0.147. The molecule has 27 heavy (non-hydrogen) atoms. The maximum Gasteiger partial charge on any atom is 0.348 e. The van der Waals surface area contributed by atoms with E-state index in [1.807, 2.05) is 31.2 Å². The van der Waals surface area contributed by atoms with Gasteiger partial charge in [0, 0.05) is 17.6 Å². The van der Waals surface area contributed by atoms with E-state index in [0.717, 1.165) is 17.5 Å². The molecule has 3 rings (SSSR count). The molecule has 0 aromatic heterocycles. The van der Waals surface area contributed by atoms with Crippen LogP contribution in [0.2, 0.25) is 5.02 Å². The lowest BCUT2D eigenvalue weighted by atomic mass is 10.0. The maximum atomic E-state index is 11.0. The van der Waals surface area contributed by atoms with Gasteiger partial charge in [0.15, 0.2) is 11.5 Å². The van der Waals surface area contributed by atoms with Crippen molar-refractivity contribution >= 4 is 17.6 Å². The van der Waals surface area contributed by atoms with Crippen LogP contribution >= 0.6 is 11.6 Å². The van der Waals surface area contributed by atoms with Crippen LogP contribution in [0.5, 0.6) is 11.5 Å². The Morgan fingerprint density at radius 3 is 2.85 bits per heavy atom. The summed E-state index contributed by atoms with van der Waals surface area (Å²) < 4.78 is 10.9. The largest absolute Gasteiger partial charge is 0.485 e. The Bertz CT molecular complexity index is 813.